The first-order valence-corrected chi connectivity index (χ1v) is 16.2. The van der Waals surface area contributed by atoms with Crippen molar-refractivity contribution in [1.82, 2.24) is 15.0 Å². The molecule has 1 radical (unpaired) electrons. The first-order valence-electron chi connectivity index (χ1n) is 16.2. The summed E-state index contributed by atoms with van der Waals surface area (Å²) < 4.78 is 6.57. The number of benzene rings is 3. The van der Waals surface area contributed by atoms with Gasteiger partial charge in [0.1, 0.15) is 5.58 Å². The summed E-state index contributed by atoms with van der Waals surface area (Å²) in [6, 6.07) is 37.7. The Morgan fingerprint density at radius 2 is 1.54 bits per heavy atom. The van der Waals surface area contributed by atoms with Crippen LogP contribution in [0.2, 0.25) is 0 Å². The molecular formula is C43H41IrN3O-2. The van der Waals surface area contributed by atoms with Crippen molar-refractivity contribution in [3.05, 3.63) is 149 Å². The maximum Gasteiger partial charge on any atom is 0.143 e. The van der Waals surface area contributed by atoms with Gasteiger partial charge in [0.05, 0.1) is 11.3 Å². The number of hydrogen-bond acceptors (Lipinski definition) is 4. The summed E-state index contributed by atoms with van der Waals surface area (Å²) in [5.74, 6) is 0.120. The molecule has 245 valence electrons. The summed E-state index contributed by atoms with van der Waals surface area (Å²) in [5.41, 5.74) is 12.5. The van der Waals surface area contributed by atoms with E-state index < -0.39 is 0 Å². The van der Waals surface area contributed by atoms with Crippen LogP contribution in [-0.4, -0.2) is 15.0 Å². The molecule has 0 spiro atoms. The molecule has 3 aromatic carbocycles. The van der Waals surface area contributed by atoms with E-state index in [1.807, 2.05) is 56.6 Å². The van der Waals surface area contributed by atoms with Crippen molar-refractivity contribution in [1.29, 1.82) is 0 Å². The largest absolute Gasteiger partial charge is 0.499 e. The molecule has 0 saturated carbocycles. The molecule has 1 unspecified atom stereocenters. The normalized spacial score (nSPS) is 11.9. The van der Waals surface area contributed by atoms with Crippen LogP contribution in [0.15, 0.2) is 108 Å². The Hall–Kier alpha value is -4.44. The van der Waals surface area contributed by atoms with Gasteiger partial charge in [-0.05, 0) is 60.3 Å². The summed E-state index contributed by atoms with van der Waals surface area (Å²) in [7, 11) is 0. The second-order valence-electron chi connectivity index (χ2n) is 13.6. The maximum absolute atomic E-state index is 6.57. The Labute approximate surface area is 298 Å². The van der Waals surface area contributed by atoms with E-state index in [2.05, 4.69) is 117 Å². The van der Waals surface area contributed by atoms with Crippen LogP contribution in [0.5, 0.6) is 0 Å². The predicted molar refractivity (Wildman–Crippen MR) is 193 cm³/mol. The van der Waals surface area contributed by atoms with Crippen molar-refractivity contribution < 1.29 is 24.5 Å². The molecule has 0 N–H and O–H groups in total. The van der Waals surface area contributed by atoms with Gasteiger partial charge in [-0.25, -0.2) is 0 Å². The van der Waals surface area contributed by atoms with Gasteiger partial charge in [0.25, 0.3) is 0 Å². The number of hydrogen-bond donors (Lipinski definition) is 0. The van der Waals surface area contributed by atoms with Crippen molar-refractivity contribution in [3.63, 3.8) is 0 Å². The van der Waals surface area contributed by atoms with Gasteiger partial charge in [-0.2, -0.15) is 0 Å². The van der Waals surface area contributed by atoms with E-state index in [4.69, 9.17) is 9.40 Å². The Morgan fingerprint density at radius 1 is 0.771 bits per heavy atom. The van der Waals surface area contributed by atoms with Crippen LogP contribution in [0.1, 0.15) is 67.3 Å². The zero-order valence-electron chi connectivity index (χ0n) is 28.7. The standard InChI is InChI=1S/C30H29N2O.C13H12N.Ir/c1-19-16-25-23-12-9-13-24(26-17-21(14-15-31-26)18-30(3,4)5)28(23)33-29(25)27(32-19)20(2)22-10-7-6-8-11-22;1-10-3-6-12(7-4-10)13-8-5-11(2)9-14-13;/h6-12,14-17,20H,18H2,1-5H3;3-6,8-9H,1-2H3;/q2*-1;. The number of furan rings is 1. The van der Waals surface area contributed by atoms with E-state index in [-0.39, 0.29) is 31.4 Å². The SMILES string of the molecule is Cc1c[c-]c(-c2ccc(C)cn2)cc1.Cc1cc2c(oc3c(-c4cc(CC(C)(C)C)ccn4)[c-]ccc32)c(C(C)c2ccccc2)n1.[Ir]. The summed E-state index contributed by atoms with van der Waals surface area (Å²) in [5, 5.41) is 2.17. The number of nitrogens with zero attached hydrogens (tertiary/aromatic N) is 3. The smallest absolute Gasteiger partial charge is 0.143 e. The van der Waals surface area contributed by atoms with E-state index in [0.717, 1.165) is 62.3 Å². The van der Waals surface area contributed by atoms with Crippen molar-refractivity contribution in [2.75, 3.05) is 0 Å². The quantitative estimate of drug-likeness (QED) is 0.163. The van der Waals surface area contributed by atoms with Crippen molar-refractivity contribution in [2.45, 2.75) is 60.8 Å². The Balaban J connectivity index is 0.000000252. The number of rotatable bonds is 5. The molecule has 4 heterocycles. The van der Waals surface area contributed by atoms with Crippen molar-refractivity contribution in [3.8, 4) is 22.5 Å². The molecule has 0 aliphatic heterocycles. The molecule has 5 heteroatoms. The predicted octanol–water partition coefficient (Wildman–Crippen LogP) is 11.1. The van der Waals surface area contributed by atoms with Crippen LogP contribution in [-0.2, 0) is 26.5 Å². The molecule has 7 aromatic rings. The number of aromatic nitrogens is 3. The number of pyridine rings is 3. The van der Waals surface area contributed by atoms with E-state index in [1.54, 1.807) is 0 Å². The van der Waals surface area contributed by atoms with Gasteiger partial charge in [0.15, 0.2) is 0 Å². The van der Waals surface area contributed by atoms with E-state index in [9.17, 15) is 0 Å². The molecule has 7 rings (SSSR count). The van der Waals surface area contributed by atoms with Gasteiger partial charge in [-0.1, -0.05) is 99.7 Å². The summed E-state index contributed by atoms with van der Waals surface area (Å²) in [6.45, 7) is 15.1. The van der Waals surface area contributed by atoms with Gasteiger partial charge in [-0.15, -0.1) is 53.6 Å². The first kappa shape index (κ1) is 34.9. The van der Waals surface area contributed by atoms with E-state index in [1.165, 1.54) is 22.3 Å². The monoisotopic (exact) mass is 808 g/mol. The van der Waals surface area contributed by atoms with Crippen LogP contribution in [0.4, 0.5) is 0 Å². The van der Waals surface area contributed by atoms with Crippen LogP contribution in [0.3, 0.4) is 0 Å². The van der Waals surface area contributed by atoms with Gasteiger partial charge in [0, 0.05) is 49.5 Å². The summed E-state index contributed by atoms with van der Waals surface area (Å²) in [6.07, 6.45) is 4.75. The Morgan fingerprint density at radius 3 is 2.23 bits per heavy atom. The minimum Gasteiger partial charge on any atom is -0.499 e. The number of fused-ring (bicyclic) bond motifs is 3. The van der Waals surface area contributed by atoms with Crippen LogP contribution in [0.25, 0.3) is 44.5 Å². The minimum atomic E-state index is 0. The van der Waals surface area contributed by atoms with Gasteiger partial charge < -0.3 is 14.4 Å². The molecule has 0 amide bonds. The average Bonchev–Trinajstić information content (AvgIpc) is 3.43. The average molecular weight is 808 g/mol. The topological polar surface area (TPSA) is 51.8 Å². The third-order valence-corrected chi connectivity index (χ3v) is 8.25. The fraction of sp³-hybridized carbons (Fsp3) is 0.233. The fourth-order valence-electron chi connectivity index (χ4n) is 5.90. The third-order valence-electron chi connectivity index (χ3n) is 8.25. The molecule has 0 aliphatic rings. The molecule has 4 nitrogen and oxygen atoms in total. The molecule has 0 aliphatic carbocycles. The number of aryl methyl sites for hydroxylation is 3. The molecule has 48 heavy (non-hydrogen) atoms. The Kier molecular flexibility index (Phi) is 10.7. The zero-order valence-corrected chi connectivity index (χ0v) is 31.1. The van der Waals surface area contributed by atoms with E-state index in [0.29, 0.717) is 0 Å². The molecule has 4 aromatic heterocycles. The maximum atomic E-state index is 6.57. The zero-order chi connectivity index (χ0) is 33.1. The third kappa shape index (κ3) is 7.98. The summed E-state index contributed by atoms with van der Waals surface area (Å²) in [4.78, 5) is 13.9. The van der Waals surface area contributed by atoms with Crippen LogP contribution >= 0.6 is 0 Å². The van der Waals surface area contributed by atoms with Gasteiger partial charge >= 0.3 is 0 Å². The molecule has 0 fully saturated rings. The second kappa shape index (κ2) is 14.8. The van der Waals surface area contributed by atoms with E-state index >= 15 is 0 Å². The Bertz CT molecular complexity index is 2080. The minimum absolute atomic E-state index is 0. The first-order chi connectivity index (χ1) is 22.6. The van der Waals surface area contributed by atoms with Crippen molar-refractivity contribution >= 4 is 21.9 Å². The van der Waals surface area contributed by atoms with Crippen LogP contribution in [0, 0.1) is 38.3 Å². The van der Waals surface area contributed by atoms with Gasteiger partial charge in [-0.3, -0.25) is 4.98 Å². The molecular weight excluding hydrogens is 767 g/mol. The fourth-order valence-corrected chi connectivity index (χ4v) is 5.90. The van der Waals surface area contributed by atoms with Crippen LogP contribution < -0.4 is 0 Å². The molecule has 0 saturated heterocycles. The van der Waals surface area contributed by atoms with Crippen molar-refractivity contribution in [2.24, 2.45) is 5.41 Å². The second-order valence-corrected chi connectivity index (χ2v) is 13.6. The molecule has 0 bridgehead atoms. The molecule has 1 atom stereocenters. The summed E-state index contributed by atoms with van der Waals surface area (Å²) >= 11 is 0. The van der Waals surface area contributed by atoms with Gasteiger partial charge in [0.2, 0.25) is 0 Å².